The van der Waals surface area contributed by atoms with Crippen LogP contribution in [-0.2, 0) is 14.9 Å². The number of esters is 1. The van der Waals surface area contributed by atoms with Crippen molar-refractivity contribution in [2.24, 2.45) is 10.9 Å². The predicted molar refractivity (Wildman–Crippen MR) is 106 cm³/mol. The molecule has 144 valence electrons. The van der Waals surface area contributed by atoms with E-state index in [9.17, 15) is 4.79 Å². The summed E-state index contributed by atoms with van der Waals surface area (Å²) in [5, 5.41) is 3.40. The van der Waals surface area contributed by atoms with Gasteiger partial charge in [-0.3, -0.25) is 9.79 Å². The molecule has 0 radical (unpaired) electrons. The van der Waals surface area contributed by atoms with Crippen molar-refractivity contribution in [2.75, 3.05) is 33.3 Å². The number of likely N-dealkylation sites (tertiary alicyclic amines) is 1. The molecule has 1 aromatic carbocycles. The summed E-state index contributed by atoms with van der Waals surface area (Å²) in [4.78, 5) is 18.9. The van der Waals surface area contributed by atoms with Crippen LogP contribution in [0.4, 0.5) is 0 Å². The molecule has 0 spiro atoms. The maximum absolute atomic E-state index is 11.7. The molecule has 1 aliphatic heterocycles. The number of hydrogen-bond acceptors (Lipinski definition) is 3. The van der Waals surface area contributed by atoms with E-state index in [2.05, 4.69) is 62.2 Å². The Morgan fingerprint density at radius 3 is 2.42 bits per heavy atom. The highest BCUT2D eigenvalue weighted by Gasteiger charge is 2.27. The topological polar surface area (TPSA) is 53.9 Å². The summed E-state index contributed by atoms with van der Waals surface area (Å²) >= 11 is 0. The Hall–Kier alpha value is -2.04. The van der Waals surface area contributed by atoms with Crippen LogP contribution in [-0.4, -0.2) is 50.1 Å². The van der Waals surface area contributed by atoms with Crippen molar-refractivity contribution in [3.63, 3.8) is 0 Å². The Morgan fingerprint density at radius 2 is 1.88 bits per heavy atom. The zero-order valence-electron chi connectivity index (χ0n) is 16.8. The molecule has 1 aromatic rings. The van der Waals surface area contributed by atoms with E-state index in [0.717, 1.165) is 45.0 Å². The van der Waals surface area contributed by atoms with Crippen molar-refractivity contribution in [3.8, 4) is 0 Å². The molecule has 1 aliphatic rings. The molecule has 5 nitrogen and oxygen atoms in total. The molecule has 5 heteroatoms. The lowest BCUT2D eigenvalue weighted by Crippen LogP contribution is -2.47. The zero-order chi connectivity index (χ0) is 19.2. The molecule has 0 amide bonds. The van der Waals surface area contributed by atoms with Crippen LogP contribution in [0.25, 0.3) is 0 Å². The minimum atomic E-state index is -0.0907. The van der Waals surface area contributed by atoms with Gasteiger partial charge in [0.2, 0.25) is 0 Å². The monoisotopic (exact) mass is 359 g/mol. The van der Waals surface area contributed by atoms with Gasteiger partial charge in [0.1, 0.15) is 0 Å². The number of carbonyl (C=O) groups excluding carboxylic acids is 1. The van der Waals surface area contributed by atoms with E-state index in [4.69, 9.17) is 9.73 Å². The smallest absolute Gasteiger partial charge is 0.308 e. The summed E-state index contributed by atoms with van der Waals surface area (Å²) in [5.41, 5.74) is 2.54. The molecule has 0 bridgehead atoms. The van der Waals surface area contributed by atoms with Gasteiger partial charge in [-0.05, 0) is 32.3 Å². The second-order valence-electron chi connectivity index (χ2n) is 7.70. The average molecular weight is 360 g/mol. The van der Waals surface area contributed by atoms with Gasteiger partial charge in [0.25, 0.3) is 0 Å². The number of methoxy groups -OCH3 is 1. The highest BCUT2D eigenvalue weighted by atomic mass is 16.5. The van der Waals surface area contributed by atoms with Crippen LogP contribution >= 0.6 is 0 Å². The number of aryl methyl sites for hydroxylation is 1. The number of nitrogens with zero attached hydrogens (tertiary/aromatic N) is 2. The van der Waals surface area contributed by atoms with E-state index in [1.807, 2.05) is 0 Å². The third kappa shape index (κ3) is 5.23. The fourth-order valence-corrected chi connectivity index (χ4v) is 3.29. The third-order valence-electron chi connectivity index (χ3n) is 5.12. The van der Waals surface area contributed by atoms with Gasteiger partial charge in [-0.2, -0.15) is 0 Å². The van der Waals surface area contributed by atoms with Gasteiger partial charge in [-0.1, -0.05) is 43.7 Å². The van der Waals surface area contributed by atoms with Crippen LogP contribution in [0, 0.1) is 12.8 Å². The van der Waals surface area contributed by atoms with Crippen molar-refractivity contribution in [2.45, 2.75) is 46.0 Å². The van der Waals surface area contributed by atoms with Crippen LogP contribution in [0.3, 0.4) is 0 Å². The number of aliphatic imine (C=N–C) groups is 1. The number of nitrogens with one attached hydrogen (secondary N) is 1. The van der Waals surface area contributed by atoms with Gasteiger partial charge in [0, 0.05) is 25.0 Å². The van der Waals surface area contributed by atoms with Gasteiger partial charge in [0.05, 0.1) is 19.6 Å². The number of rotatable bonds is 5. The fourth-order valence-electron chi connectivity index (χ4n) is 3.29. The number of piperidine rings is 1. The molecule has 2 rings (SSSR count). The highest BCUT2D eigenvalue weighted by Crippen LogP contribution is 2.24. The predicted octanol–water partition coefficient (Wildman–Crippen LogP) is 3.12. The molecule has 0 atom stereocenters. The molecule has 0 aromatic heterocycles. The summed E-state index contributed by atoms with van der Waals surface area (Å²) in [7, 11) is 1.47. The van der Waals surface area contributed by atoms with Crippen molar-refractivity contribution in [1.82, 2.24) is 10.2 Å². The third-order valence-corrected chi connectivity index (χ3v) is 5.12. The van der Waals surface area contributed by atoms with Gasteiger partial charge < -0.3 is 15.0 Å². The number of benzene rings is 1. The van der Waals surface area contributed by atoms with E-state index in [0.29, 0.717) is 0 Å². The first-order chi connectivity index (χ1) is 12.4. The molecule has 1 fully saturated rings. The first-order valence-electron chi connectivity index (χ1n) is 9.55. The standard InChI is InChI=1S/C21H33N3O2/c1-6-22-20(24-13-11-17(12-14-24)19(25)26-5)23-15-21(3,4)18-9-7-16(2)8-10-18/h7-10,17H,6,11-15H2,1-5H3,(H,22,23). The summed E-state index contributed by atoms with van der Waals surface area (Å²) in [6, 6.07) is 8.70. The van der Waals surface area contributed by atoms with Crippen LogP contribution < -0.4 is 5.32 Å². The lowest BCUT2D eigenvalue weighted by molar-refractivity contribution is -0.146. The molecule has 1 N–H and O–H groups in total. The van der Waals surface area contributed by atoms with Gasteiger partial charge in [0.15, 0.2) is 5.96 Å². The van der Waals surface area contributed by atoms with Crippen molar-refractivity contribution in [1.29, 1.82) is 0 Å². The Balaban J connectivity index is 2.04. The summed E-state index contributed by atoms with van der Waals surface area (Å²) in [6.45, 7) is 11.9. The Morgan fingerprint density at radius 1 is 1.27 bits per heavy atom. The molecular weight excluding hydrogens is 326 g/mol. The number of guanidine groups is 1. The Labute approximate surface area is 157 Å². The first kappa shape index (κ1) is 20.3. The van der Waals surface area contributed by atoms with Crippen molar-refractivity contribution < 1.29 is 9.53 Å². The molecule has 1 saturated heterocycles. The quantitative estimate of drug-likeness (QED) is 0.499. The highest BCUT2D eigenvalue weighted by molar-refractivity contribution is 5.80. The Bertz CT molecular complexity index is 615. The lowest BCUT2D eigenvalue weighted by Gasteiger charge is -2.34. The fraction of sp³-hybridized carbons (Fsp3) is 0.619. The minimum absolute atomic E-state index is 0.0168. The number of hydrogen-bond donors (Lipinski definition) is 1. The van der Waals surface area contributed by atoms with Crippen LogP contribution in [0.1, 0.15) is 44.7 Å². The van der Waals surface area contributed by atoms with Gasteiger partial charge in [-0.15, -0.1) is 0 Å². The van der Waals surface area contributed by atoms with E-state index in [-0.39, 0.29) is 17.3 Å². The van der Waals surface area contributed by atoms with Crippen molar-refractivity contribution in [3.05, 3.63) is 35.4 Å². The summed E-state index contributed by atoms with van der Waals surface area (Å²) < 4.78 is 4.88. The summed E-state index contributed by atoms with van der Waals surface area (Å²) in [5.74, 6) is 0.867. The van der Waals surface area contributed by atoms with Crippen LogP contribution in [0.15, 0.2) is 29.3 Å². The minimum Gasteiger partial charge on any atom is -0.469 e. The second kappa shape index (κ2) is 9.06. The molecule has 0 unspecified atom stereocenters. The van der Waals surface area contributed by atoms with Gasteiger partial charge >= 0.3 is 5.97 Å². The van der Waals surface area contributed by atoms with Crippen LogP contribution in [0.2, 0.25) is 0 Å². The zero-order valence-corrected chi connectivity index (χ0v) is 16.8. The Kier molecular flexibility index (Phi) is 7.06. The van der Waals surface area contributed by atoms with Gasteiger partial charge in [-0.25, -0.2) is 0 Å². The lowest BCUT2D eigenvalue weighted by atomic mass is 9.84. The maximum Gasteiger partial charge on any atom is 0.308 e. The van der Waals surface area contributed by atoms with E-state index < -0.39 is 0 Å². The SMILES string of the molecule is CCNC(=NCC(C)(C)c1ccc(C)cc1)N1CCC(C(=O)OC)CC1. The van der Waals surface area contributed by atoms with E-state index >= 15 is 0 Å². The molecule has 0 aliphatic carbocycles. The molecular formula is C21H33N3O2. The van der Waals surface area contributed by atoms with E-state index in [1.165, 1.54) is 18.2 Å². The second-order valence-corrected chi connectivity index (χ2v) is 7.70. The largest absolute Gasteiger partial charge is 0.469 e. The van der Waals surface area contributed by atoms with Crippen molar-refractivity contribution >= 4 is 11.9 Å². The maximum atomic E-state index is 11.7. The molecule has 1 heterocycles. The normalized spacial score (nSPS) is 16.5. The molecule has 26 heavy (non-hydrogen) atoms. The van der Waals surface area contributed by atoms with E-state index in [1.54, 1.807) is 0 Å². The first-order valence-corrected chi connectivity index (χ1v) is 9.55. The average Bonchev–Trinajstić information content (AvgIpc) is 2.65. The summed E-state index contributed by atoms with van der Waals surface area (Å²) in [6.07, 6.45) is 1.64. The number of ether oxygens (including phenoxy) is 1. The molecule has 0 saturated carbocycles. The number of carbonyl (C=O) groups is 1. The van der Waals surface area contributed by atoms with Crippen LogP contribution in [0.5, 0.6) is 0 Å².